The number of hydrogen-bond acceptors (Lipinski definition) is 5. The Morgan fingerprint density at radius 2 is 2.47 bits per heavy atom. The number of amides is 1. The van der Waals surface area contributed by atoms with Gasteiger partial charge in [0, 0.05) is 0 Å². The largest absolute Gasteiger partial charge is 0.391 e. The van der Waals surface area contributed by atoms with Crippen LogP contribution in [0.3, 0.4) is 0 Å². The van der Waals surface area contributed by atoms with Crippen LogP contribution in [0.25, 0.3) is 0 Å². The number of carbonyl (C=O) groups excluding carboxylic acids is 1. The number of nitrogens with zero attached hydrogens (tertiary/aromatic N) is 1. The molecule has 0 radical (unpaired) electrons. The number of nitrogens with one attached hydrogen (secondary N) is 1. The van der Waals surface area contributed by atoms with Crippen molar-refractivity contribution in [1.82, 2.24) is 10.5 Å². The number of aliphatic hydroxyl groups excluding tert-OH is 1. The average molecular weight is 251 g/mol. The van der Waals surface area contributed by atoms with Crippen LogP contribution < -0.4 is 5.48 Å². The maximum Gasteiger partial charge on any atom is 0.295 e. The first-order chi connectivity index (χ1) is 7.00. The summed E-state index contributed by atoms with van der Waals surface area (Å²) in [6, 6.07) is 0. The molecular weight excluding hydrogens is 240 g/mol. The lowest BCUT2D eigenvalue weighted by Crippen LogP contribution is -2.27. The molecule has 0 bridgehead atoms. The van der Waals surface area contributed by atoms with Gasteiger partial charge in [-0.25, -0.2) is 10.5 Å². The SMILES string of the molecule is Cc1nc(C(=O)NOC[C@H](C)O)c(Cl)s1. The van der Waals surface area contributed by atoms with Gasteiger partial charge in [0.15, 0.2) is 5.69 Å². The van der Waals surface area contributed by atoms with Crippen LogP contribution >= 0.6 is 22.9 Å². The zero-order chi connectivity index (χ0) is 11.4. The van der Waals surface area contributed by atoms with Crippen LogP contribution in [0.4, 0.5) is 0 Å². The zero-order valence-corrected chi connectivity index (χ0v) is 9.85. The maximum absolute atomic E-state index is 11.4. The highest BCUT2D eigenvalue weighted by Crippen LogP contribution is 2.23. The van der Waals surface area contributed by atoms with Gasteiger partial charge in [0.25, 0.3) is 5.91 Å². The summed E-state index contributed by atoms with van der Waals surface area (Å²) >= 11 is 7.00. The topological polar surface area (TPSA) is 71.5 Å². The molecule has 84 valence electrons. The van der Waals surface area contributed by atoms with Crippen LogP contribution in [0.2, 0.25) is 4.34 Å². The van der Waals surface area contributed by atoms with E-state index in [0.717, 1.165) is 0 Å². The molecule has 0 aromatic carbocycles. The quantitative estimate of drug-likeness (QED) is 0.787. The molecule has 1 rings (SSSR count). The Hall–Kier alpha value is -0.690. The Balaban J connectivity index is 2.50. The molecule has 15 heavy (non-hydrogen) atoms. The van der Waals surface area contributed by atoms with E-state index in [1.807, 2.05) is 0 Å². The van der Waals surface area contributed by atoms with E-state index in [2.05, 4.69) is 10.5 Å². The molecule has 7 heteroatoms. The first-order valence-corrected chi connectivity index (χ1v) is 5.43. The molecule has 5 nitrogen and oxygen atoms in total. The van der Waals surface area contributed by atoms with Crippen molar-refractivity contribution in [3.8, 4) is 0 Å². The van der Waals surface area contributed by atoms with Crippen molar-refractivity contribution in [3.05, 3.63) is 15.0 Å². The molecule has 1 atom stereocenters. The highest BCUT2D eigenvalue weighted by Gasteiger charge is 2.15. The van der Waals surface area contributed by atoms with Crippen molar-refractivity contribution in [2.24, 2.45) is 0 Å². The van der Waals surface area contributed by atoms with Gasteiger partial charge in [-0.3, -0.25) is 9.63 Å². The van der Waals surface area contributed by atoms with Gasteiger partial charge in [0.1, 0.15) is 10.9 Å². The summed E-state index contributed by atoms with van der Waals surface area (Å²) in [5.74, 6) is -0.509. The lowest BCUT2D eigenvalue weighted by Gasteiger charge is -2.05. The molecule has 0 aliphatic heterocycles. The minimum Gasteiger partial charge on any atom is -0.391 e. The van der Waals surface area contributed by atoms with Crippen molar-refractivity contribution in [3.63, 3.8) is 0 Å². The van der Waals surface area contributed by atoms with Gasteiger partial charge in [-0.2, -0.15) is 0 Å². The highest BCUT2D eigenvalue weighted by atomic mass is 35.5. The molecule has 0 saturated carbocycles. The van der Waals surface area contributed by atoms with Crippen molar-refractivity contribution >= 4 is 28.8 Å². The molecule has 1 amide bonds. The first-order valence-electron chi connectivity index (χ1n) is 4.24. The molecule has 0 unspecified atom stereocenters. The molecule has 2 N–H and O–H groups in total. The van der Waals surface area contributed by atoms with Crippen molar-refractivity contribution in [1.29, 1.82) is 0 Å². The number of aromatic nitrogens is 1. The third kappa shape index (κ3) is 3.75. The average Bonchev–Trinajstić information content (AvgIpc) is 2.44. The molecule has 1 heterocycles. The summed E-state index contributed by atoms with van der Waals surface area (Å²) in [6.07, 6.45) is -0.641. The minimum atomic E-state index is -0.641. The number of thiazole rings is 1. The Labute approximate surface area is 96.0 Å². The van der Waals surface area contributed by atoms with E-state index in [9.17, 15) is 4.79 Å². The summed E-state index contributed by atoms with van der Waals surface area (Å²) in [5, 5.41) is 9.59. The molecule has 0 aliphatic carbocycles. The highest BCUT2D eigenvalue weighted by molar-refractivity contribution is 7.16. The van der Waals surface area contributed by atoms with E-state index < -0.39 is 12.0 Å². The molecule has 0 fully saturated rings. The van der Waals surface area contributed by atoms with Crippen molar-refractivity contribution in [2.75, 3.05) is 6.61 Å². The van der Waals surface area contributed by atoms with E-state index in [0.29, 0.717) is 9.34 Å². The van der Waals surface area contributed by atoms with E-state index in [4.69, 9.17) is 21.5 Å². The second-order valence-electron chi connectivity index (χ2n) is 2.95. The lowest BCUT2D eigenvalue weighted by atomic mass is 10.4. The fourth-order valence-electron chi connectivity index (χ4n) is 0.818. The second kappa shape index (κ2) is 5.41. The fourth-order valence-corrected chi connectivity index (χ4v) is 1.91. The predicted octanol–water partition coefficient (Wildman–Crippen LogP) is 1.15. The predicted molar refractivity (Wildman–Crippen MR) is 57.0 cm³/mol. The molecule has 0 spiro atoms. The van der Waals surface area contributed by atoms with Crippen LogP contribution in [-0.4, -0.2) is 28.7 Å². The number of aryl methyl sites for hydroxylation is 1. The fraction of sp³-hybridized carbons (Fsp3) is 0.500. The Kier molecular flexibility index (Phi) is 4.46. The second-order valence-corrected chi connectivity index (χ2v) is 4.75. The third-order valence-electron chi connectivity index (χ3n) is 1.40. The van der Waals surface area contributed by atoms with Gasteiger partial charge in [0.2, 0.25) is 0 Å². The standard InChI is InChI=1S/C8H11ClN2O3S/c1-4(12)3-14-11-8(13)6-7(9)15-5(2)10-6/h4,12H,3H2,1-2H3,(H,11,13)/t4-/m0/s1. The zero-order valence-electron chi connectivity index (χ0n) is 8.28. The summed E-state index contributed by atoms with van der Waals surface area (Å²) in [5.41, 5.74) is 2.29. The summed E-state index contributed by atoms with van der Waals surface area (Å²) < 4.78 is 0.325. The Morgan fingerprint density at radius 3 is 2.93 bits per heavy atom. The van der Waals surface area contributed by atoms with Gasteiger partial charge in [-0.15, -0.1) is 11.3 Å². The smallest absolute Gasteiger partial charge is 0.295 e. The minimum absolute atomic E-state index is 0.0203. The van der Waals surface area contributed by atoms with Crippen LogP contribution in [0.5, 0.6) is 0 Å². The summed E-state index contributed by atoms with van der Waals surface area (Å²) in [4.78, 5) is 20.1. The van der Waals surface area contributed by atoms with Gasteiger partial charge in [-0.1, -0.05) is 11.6 Å². The number of aliphatic hydroxyl groups is 1. The van der Waals surface area contributed by atoms with Crippen molar-refractivity contribution < 1.29 is 14.7 Å². The number of hydrogen-bond donors (Lipinski definition) is 2. The lowest BCUT2D eigenvalue weighted by molar-refractivity contribution is -0.00708. The molecule has 0 saturated heterocycles. The summed E-state index contributed by atoms with van der Waals surface area (Å²) in [6.45, 7) is 3.32. The Bertz CT molecular complexity index is 354. The summed E-state index contributed by atoms with van der Waals surface area (Å²) in [7, 11) is 0. The first kappa shape index (κ1) is 12.4. The third-order valence-corrected chi connectivity index (χ3v) is 2.57. The van der Waals surface area contributed by atoms with E-state index in [1.54, 1.807) is 13.8 Å². The molecule has 1 aromatic heterocycles. The number of hydroxylamine groups is 1. The van der Waals surface area contributed by atoms with E-state index in [-0.39, 0.29) is 12.3 Å². The number of halogens is 1. The van der Waals surface area contributed by atoms with Crippen LogP contribution in [0.1, 0.15) is 22.4 Å². The van der Waals surface area contributed by atoms with Gasteiger partial charge in [-0.05, 0) is 13.8 Å². The van der Waals surface area contributed by atoms with E-state index >= 15 is 0 Å². The molecule has 1 aromatic rings. The number of carbonyl (C=O) groups is 1. The maximum atomic E-state index is 11.4. The van der Waals surface area contributed by atoms with Crippen LogP contribution in [-0.2, 0) is 4.84 Å². The van der Waals surface area contributed by atoms with Gasteiger partial charge in [0.05, 0.1) is 11.1 Å². The van der Waals surface area contributed by atoms with Crippen molar-refractivity contribution in [2.45, 2.75) is 20.0 Å². The monoisotopic (exact) mass is 250 g/mol. The van der Waals surface area contributed by atoms with E-state index in [1.165, 1.54) is 11.3 Å². The number of rotatable bonds is 4. The van der Waals surface area contributed by atoms with Crippen LogP contribution in [0, 0.1) is 6.92 Å². The normalized spacial score (nSPS) is 12.5. The molecule has 0 aliphatic rings. The molecular formula is C8H11ClN2O3S. The van der Waals surface area contributed by atoms with Crippen LogP contribution in [0.15, 0.2) is 0 Å². The van der Waals surface area contributed by atoms with Gasteiger partial charge >= 0.3 is 0 Å². The van der Waals surface area contributed by atoms with Gasteiger partial charge < -0.3 is 5.11 Å². The Morgan fingerprint density at radius 1 is 1.80 bits per heavy atom.